The van der Waals surface area contributed by atoms with Crippen LogP contribution in [0.2, 0.25) is 6.55 Å². The molecule has 3 heteroatoms. The molecule has 0 saturated carbocycles. The van der Waals surface area contributed by atoms with E-state index in [1.165, 1.54) is 10.4 Å². The van der Waals surface area contributed by atoms with Gasteiger partial charge in [-0.3, -0.25) is 0 Å². The highest BCUT2D eigenvalue weighted by molar-refractivity contribution is 7.33. The van der Waals surface area contributed by atoms with Gasteiger partial charge in [0.1, 0.15) is 12.4 Å². The summed E-state index contributed by atoms with van der Waals surface area (Å²) in [5.41, 5.74) is 1.16. The number of ether oxygens (including phenoxy) is 1. The van der Waals surface area contributed by atoms with E-state index in [9.17, 15) is 0 Å². The molecule has 0 radical (unpaired) electrons. The third-order valence-electron chi connectivity index (χ3n) is 3.96. The summed E-state index contributed by atoms with van der Waals surface area (Å²) < 4.78 is 5.84. The van der Waals surface area contributed by atoms with Crippen molar-refractivity contribution < 1.29 is 4.74 Å². The summed E-state index contributed by atoms with van der Waals surface area (Å²) in [6.07, 6.45) is 0. The van der Waals surface area contributed by atoms with Crippen molar-refractivity contribution in [1.82, 2.24) is 0 Å². The Morgan fingerprint density at radius 1 is 0.739 bits per heavy atom. The third kappa shape index (κ3) is 3.84. The van der Waals surface area contributed by atoms with Gasteiger partial charge >= 0.3 is 0 Å². The van der Waals surface area contributed by atoms with Crippen molar-refractivity contribution in [2.75, 3.05) is 0 Å². The van der Waals surface area contributed by atoms with E-state index >= 15 is 0 Å². The summed E-state index contributed by atoms with van der Waals surface area (Å²) in [4.78, 5) is 0. The van der Waals surface area contributed by atoms with Crippen molar-refractivity contribution >= 4 is 28.8 Å². The van der Waals surface area contributed by atoms with Crippen LogP contribution in [0.3, 0.4) is 0 Å². The lowest BCUT2D eigenvalue weighted by Crippen LogP contribution is -2.50. The molecule has 0 aliphatic carbocycles. The molecule has 3 aromatic carbocycles. The lowest BCUT2D eigenvalue weighted by molar-refractivity contribution is 0.306. The molecule has 0 N–H and O–H groups in total. The first-order valence-electron chi connectivity index (χ1n) is 7.68. The fourth-order valence-electron chi connectivity index (χ4n) is 2.52. The molecule has 0 bridgehead atoms. The molecule has 0 aliphatic heterocycles. The maximum absolute atomic E-state index is 6.91. The van der Waals surface area contributed by atoms with Crippen LogP contribution in [-0.2, 0) is 6.61 Å². The monoisotopic (exact) mass is 338 g/mol. The number of rotatable bonds is 5. The molecule has 0 aromatic heterocycles. The molecule has 0 heterocycles. The van der Waals surface area contributed by atoms with E-state index in [1.54, 1.807) is 0 Å². The second-order valence-electron chi connectivity index (χ2n) is 5.67. The quantitative estimate of drug-likeness (QED) is 0.500. The first kappa shape index (κ1) is 15.8. The number of benzene rings is 3. The van der Waals surface area contributed by atoms with Gasteiger partial charge in [0.05, 0.1) is 0 Å². The number of halogens is 1. The Kier molecular flexibility index (Phi) is 4.84. The van der Waals surface area contributed by atoms with Crippen LogP contribution in [0.1, 0.15) is 5.56 Å². The van der Waals surface area contributed by atoms with Gasteiger partial charge in [-0.05, 0) is 34.6 Å². The van der Waals surface area contributed by atoms with E-state index in [1.807, 2.05) is 48.5 Å². The molecule has 116 valence electrons. The zero-order valence-corrected chi connectivity index (χ0v) is 14.8. The van der Waals surface area contributed by atoms with Gasteiger partial charge < -0.3 is 4.74 Å². The van der Waals surface area contributed by atoms with Crippen LogP contribution in [0.5, 0.6) is 5.75 Å². The average molecular weight is 339 g/mol. The minimum Gasteiger partial charge on any atom is -0.489 e. The van der Waals surface area contributed by atoms with E-state index in [4.69, 9.17) is 15.8 Å². The molecule has 1 unspecified atom stereocenters. The van der Waals surface area contributed by atoms with Crippen molar-refractivity contribution in [3.63, 3.8) is 0 Å². The Labute approximate surface area is 143 Å². The van der Waals surface area contributed by atoms with Crippen LogP contribution in [-0.4, -0.2) is 7.38 Å². The van der Waals surface area contributed by atoms with Crippen LogP contribution < -0.4 is 15.1 Å². The second-order valence-corrected chi connectivity index (χ2v) is 11.1. The zero-order valence-electron chi connectivity index (χ0n) is 13.1. The van der Waals surface area contributed by atoms with Crippen LogP contribution >= 0.6 is 11.1 Å². The van der Waals surface area contributed by atoms with Gasteiger partial charge in [0, 0.05) is 0 Å². The van der Waals surface area contributed by atoms with Gasteiger partial charge in [-0.25, -0.2) is 0 Å². The standard InChI is InChI=1S/C20H19ClOSi/c1-23(21,19-10-6-3-7-11-19)20-14-12-18(13-15-20)22-16-17-8-4-2-5-9-17/h2-15H,16H2,1H3. The summed E-state index contributed by atoms with van der Waals surface area (Å²) in [6.45, 7) is 2.73. The molecule has 1 atom stereocenters. The predicted octanol–water partition coefficient (Wildman–Crippen LogP) is 4.19. The fourth-order valence-corrected chi connectivity index (χ4v) is 5.22. The highest BCUT2D eigenvalue weighted by Crippen LogP contribution is 2.15. The van der Waals surface area contributed by atoms with Crippen molar-refractivity contribution in [1.29, 1.82) is 0 Å². The van der Waals surface area contributed by atoms with Crippen LogP contribution in [0.15, 0.2) is 84.9 Å². The molecular formula is C20H19ClOSi. The lowest BCUT2D eigenvalue weighted by atomic mass is 10.2. The highest BCUT2D eigenvalue weighted by atomic mass is 35.6. The van der Waals surface area contributed by atoms with E-state index in [-0.39, 0.29) is 0 Å². The largest absolute Gasteiger partial charge is 0.489 e. The SMILES string of the molecule is C[Si](Cl)(c1ccccc1)c1ccc(OCc2ccccc2)cc1. The van der Waals surface area contributed by atoms with Crippen molar-refractivity contribution in [2.45, 2.75) is 13.2 Å². The lowest BCUT2D eigenvalue weighted by Gasteiger charge is -2.20. The minimum atomic E-state index is -2.15. The first-order chi connectivity index (χ1) is 11.2. The third-order valence-corrected chi connectivity index (χ3v) is 8.11. The van der Waals surface area contributed by atoms with Crippen molar-refractivity contribution in [3.05, 3.63) is 90.5 Å². The molecule has 0 aliphatic rings. The average Bonchev–Trinajstić information content (AvgIpc) is 2.62. The van der Waals surface area contributed by atoms with Gasteiger partial charge in [0.2, 0.25) is 7.38 Å². The highest BCUT2D eigenvalue weighted by Gasteiger charge is 2.29. The maximum atomic E-state index is 6.91. The molecule has 3 rings (SSSR count). The second kappa shape index (κ2) is 7.03. The van der Waals surface area contributed by atoms with E-state index in [0.717, 1.165) is 11.3 Å². The molecule has 0 fully saturated rings. The fraction of sp³-hybridized carbons (Fsp3) is 0.100. The zero-order chi connectivity index (χ0) is 16.1. The molecule has 0 spiro atoms. The predicted molar refractivity (Wildman–Crippen MR) is 100 cm³/mol. The number of hydrogen-bond acceptors (Lipinski definition) is 1. The molecule has 23 heavy (non-hydrogen) atoms. The molecule has 1 nitrogen and oxygen atoms in total. The van der Waals surface area contributed by atoms with Gasteiger partial charge in [-0.2, -0.15) is 11.1 Å². The van der Waals surface area contributed by atoms with Crippen molar-refractivity contribution in [2.24, 2.45) is 0 Å². The van der Waals surface area contributed by atoms with Crippen LogP contribution in [0.25, 0.3) is 0 Å². The number of hydrogen-bond donors (Lipinski definition) is 0. The summed E-state index contributed by atoms with van der Waals surface area (Å²) in [5.74, 6) is 0.868. The minimum absolute atomic E-state index is 0.578. The molecular weight excluding hydrogens is 320 g/mol. The molecule has 0 amide bonds. The first-order valence-corrected chi connectivity index (χ1v) is 11.2. The smallest absolute Gasteiger partial charge is 0.214 e. The van der Waals surface area contributed by atoms with E-state index in [0.29, 0.717) is 6.61 Å². The summed E-state index contributed by atoms with van der Waals surface area (Å²) in [7, 11) is -2.15. The van der Waals surface area contributed by atoms with Gasteiger partial charge in [-0.15, -0.1) is 0 Å². The van der Waals surface area contributed by atoms with Crippen LogP contribution in [0, 0.1) is 0 Å². The maximum Gasteiger partial charge on any atom is 0.214 e. The topological polar surface area (TPSA) is 9.23 Å². The van der Waals surface area contributed by atoms with Gasteiger partial charge in [0.15, 0.2) is 0 Å². The Bertz CT molecular complexity index is 740. The van der Waals surface area contributed by atoms with Gasteiger partial charge in [-0.1, -0.05) is 72.8 Å². The van der Waals surface area contributed by atoms with E-state index < -0.39 is 7.38 Å². The van der Waals surface area contributed by atoms with Crippen LogP contribution in [0.4, 0.5) is 0 Å². The Morgan fingerprint density at radius 2 is 1.26 bits per heavy atom. The Balaban J connectivity index is 1.72. The normalized spacial score (nSPS) is 13.3. The Morgan fingerprint density at radius 3 is 1.87 bits per heavy atom. The summed E-state index contributed by atoms with van der Waals surface area (Å²) in [6, 6.07) is 28.7. The summed E-state index contributed by atoms with van der Waals surface area (Å²) >= 11 is 6.91. The van der Waals surface area contributed by atoms with Crippen molar-refractivity contribution in [3.8, 4) is 5.75 Å². The van der Waals surface area contributed by atoms with Gasteiger partial charge in [0.25, 0.3) is 0 Å². The Hall–Kier alpha value is -2.03. The van der Waals surface area contributed by atoms with E-state index in [2.05, 4.69) is 42.9 Å². The molecule has 0 saturated heterocycles. The summed E-state index contributed by atoms with van der Waals surface area (Å²) in [5, 5.41) is 2.41. The molecule has 3 aromatic rings.